The Labute approximate surface area is 102 Å². The lowest BCUT2D eigenvalue weighted by Crippen LogP contribution is -2.05. The molecule has 88 valence electrons. The van der Waals surface area contributed by atoms with Crippen LogP contribution in [0, 0.1) is 6.92 Å². The topological polar surface area (TPSA) is 75.1 Å². The minimum absolute atomic E-state index is 0.0662. The van der Waals surface area contributed by atoms with Crippen molar-refractivity contribution in [2.24, 2.45) is 0 Å². The molecule has 0 amide bonds. The second-order valence-corrected chi connectivity index (χ2v) is 4.35. The molecule has 0 aromatic carbocycles. The molecule has 2 N–H and O–H groups in total. The van der Waals surface area contributed by atoms with Gasteiger partial charge in [-0.15, -0.1) is 11.3 Å². The minimum Gasteiger partial charge on any atom is -0.476 e. The number of nitrogens with one attached hydrogen (secondary N) is 1. The standard InChI is InChI=1S/C11H11N3O2S/c1-7-2-3-12-4-8(7)5-13-10-9(11(15)16)14-6-17-10/h2-4,6,13H,5H2,1H3,(H,15,16). The highest BCUT2D eigenvalue weighted by molar-refractivity contribution is 7.14. The number of aryl methyl sites for hydroxylation is 1. The Morgan fingerprint density at radius 3 is 3.12 bits per heavy atom. The number of aromatic nitrogens is 2. The smallest absolute Gasteiger partial charge is 0.357 e. The highest BCUT2D eigenvalue weighted by atomic mass is 32.1. The number of pyridine rings is 1. The quantitative estimate of drug-likeness (QED) is 0.868. The molecule has 0 aliphatic rings. The summed E-state index contributed by atoms with van der Waals surface area (Å²) >= 11 is 1.28. The van der Waals surface area contributed by atoms with E-state index in [0.29, 0.717) is 11.5 Å². The Hall–Kier alpha value is -1.95. The fourth-order valence-electron chi connectivity index (χ4n) is 1.38. The van der Waals surface area contributed by atoms with Crippen LogP contribution in [0.25, 0.3) is 0 Å². The summed E-state index contributed by atoms with van der Waals surface area (Å²) in [7, 11) is 0. The number of carboxylic acids is 1. The molecule has 2 rings (SSSR count). The lowest BCUT2D eigenvalue weighted by atomic mass is 10.1. The summed E-state index contributed by atoms with van der Waals surface area (Å²) in [5.41, 5.74) is 3.74. The van der Waals surface area contributed by atoms with Gasteiger partial charge in [-0.3, -0.25) is 4.98 Å². The van der Waals surface area contributed by atoms with Crippen LogP contribution < -0.4 is 5.32 Å². The molecule has 6 heteroatoms. The summed E-state index contributed by atoms with van der Waals surface area (Å²) in [5, 5.41) is 12.5. The molecule has 0 saturated heterocycles. The maximum Gasteiger partial charge on any atom is 0.357 e. The van der Waals surface area contributed by atoms with Crippen molar-refractivity contribution in [2.45, 2.75) is 13.5 Å². The summed E-state index contributed by atoms with van der Waals surface area (Å²) in [4.78, 5) is 18.7. The van der Waals surface area contributed by atoms with Gasteiger partial charge in [-0.1, -0.05) is 0 Å². The first-order chi connectivity index (χ1) is 8.18. The van der Waals surface area contributed by atoms with E-state index >= 15 is 0 Å². The van der Waals surface area contributed by atoms with Crippen LogP contribution in [0.1, 0.15) is 21.6 Å². The molecule has 2 aromatic heterocycles. The third-order valence-electron chi connectivity index (χ3n) is 2.36. The van der Waals surface area contributed by atoms with Crippen molar-refractivity contribution in [2.75, 3.05) is 5.32 Å². The normalized spacial score (nSPS) is 10.2. The zero-order chi connectivity index (χ0) is 12.3. The number of carbonyl (C=O) groups is 1. The van der Waals surface area contributed by atoms with Crippen molar-refractivity contribution < 1.29 is 9.90 Å². The average Bonchev–Trinajstić information content (AvgIpc) is 2.76. The molecule has 0 bridgehead atoms. The first-order valence-corrected chi connectivity index (χ1v) is 5.86. The van der Waals surface area contributed by atoms with Crippen molar-refractivity contribution in [3.8, 4) is 0 Å². The number of thiazole rings is 1. The van der Waals surface area contributed by atoms with Gasteiger partial charge in [0.15, 0.2) is 5.69 Å². The second kappa shape index (κ2) is 4.92. The molecule has 0 spiro atoms. The van der Waals surface area contributed by atoms with E-state index in [2.05, 4.69) is 15.3 Å². The largest absolute Gasteiger partial charge is 0.476 e. The Morgan fingerprint density at radius 1 is 1.59 bits per heavy atom. The summed E-state index contributed by atoms with van der Waals surface area (Å²) in [5.74, 6) is -1.02. The summed E-state index contributed by atoms with van der Waals surface area (Å²) in [6.07, 6.45) is 3.50. The van der Waals surface area contributed by atoms with E-state index in [1.807, 2.05) is 13.0 Å². The first-order valence-electron chi connectivity index (χ1n) is 4.98. The Kier molecular flexibility index (Phi) is 3.34. The van der Waals surface area contributed by atoms with Gasteiger partial charge in [0.25, 0.3) is 0 Å². The fraction of sp³-hybridized carbons (Fsp3) is 0.182. The maximum absolute atomic E-state index is 10.9. The van der Waals surface area contributed by atoms with Crippen LogP contribution in [0.15, 0.2) is 24.0 Å². The molecule has 2 heterocycles. The van der Waals surface area contributed by atoms with E-state index in [1.165, 1.54) is 16.8 Å². The predicted octanol–water partition coefficient (Wildman–Crippen LogP) is 2.16. The van der Waals surface area contributed by atoms with E-state index in [-0.39, 0.29) is 5.69 Å². The van der Waals surface area contributed by atoms with E-state index in [1.54, 1.807) is 12.4 Å². The Balaban J connectivity index is 2.10. The van der Waals surface area contributed by atoms with Crippen molar-refractivity contribution in [3.05, 3.63) is 40.8 Å². The Bertz CT molecular complexity index is 539. The molecule has 0 unspecified atom stereocenters. The van der Waals surface area contributed by atoms with E-state index in [9.17, 15) is 4.79 Å². The average molecular weight is 249 g/mol. The van der Waals surface area contributed by atoms with Crippen molar-refractivity contribution in [1.82, 2.24) is 9.97 Å². The van der Waals surface area contributed by atoms with Crippen LogP contribution >= 0.6 is 11.3 Å². The van der Waals surface area contributed by atoms with Crippen LogP contribution in [-0.2, 0) is 6.54 Å². The number of hydrogen-bond donors (Lipinski definition) is 2. The molecule has 0 radical (unpaired) electrons. The number of nitrogens with zero attached hydrogens (tertiary/aromatic N) is 2. The highest BCUT2D eigenvalue weighted by Crippen LogP contribution is 2.21. The third kappa shape index (κ3) is 2.59. The lowest BCUT2D eigenvalue weighted by Gasteiger charge is -2.06. The number of aromatic carboxylic acids is 1. The summed E-state index contributed by atoms with van der Waals surface area (Å²) in [6, 6.07) is 1.92. The zero-order valence-corrected chi connectivity index (χ0v) is 9.99. The van der Waals surface area contributed by atoms with Gasteiger partial charge in [-0.05, 0) is 24.1 Å². The number of hydrogen-bond acceptors (Lipinski definition) is 5. The van der Waals surface area contributed by atoms with Gasteiger partial charge in [-0.25, -0.2) is 9.78 Å². The molecule has 0 aliphatic heterocycles. The highest BCUT2D eigenvalue weighted by Gasteiger charge is 2.13. The molecule has 0 aliphatic carbocycles. The predicted molar refractivity (Wildman–Crippen MR) is 65.4 cm³/mol. The fourth-order valence-corrected chi connectivity index (χ4v) is 2.05. The monoisotopic (exact) mass is 249 g/mol. The molecular weight excluding hydrogens is 238 g/mol. The molecule has 5 nitrogen and oxygen atoms in total. The van der Waals surface area contributed by atoms with Crippen LogP contribution in [0.5, 0.6) is 0 Å². The Morgan fingerprint density at radius 2 is 2.41 bits per heavy atom. The maximum atomic E-state index is 10.9. The first kappa shape index (κ1) is 11.5. The molecule has 0 fully saturated rings. The van der Waals surface area contributed by atoms with Gasteiger partial charge < -0.3 is 10.4 Å². The van der Waals surface area contributed by atoms with Gasteiger partial charge in [0.05, 0.1) is 5.51 Å². The molecule has 0 saturated carbocycles. The van der Waals surface area contributed by atoms with E-state index in [0.717, 1.165) is 11.1 Å². The number of carboxylic acid groups (broad SMARTS) is 1. The van der Waals surface area contributed by atoms with E-state index < -0.39 is 5.97 Å². The second-order valence-electron chi connectivity index (χ2n) is 3.49. The zero-order valence-electron chi connectivity index (χ0n) is 9.17. The van der Waals surface area contributed by atoms with Gasteiger partial charge in [0.1, 0.15) is 5.00 Å². The third-order valence-corrected chi connectivity index (χ3v) is 3.14. The number of rotatable bonds is 4. The van der Waals surface area contributed by atoms with Crippen LogP contribution in [-0.4, -0.2) is 21.0 Å². The van der Waals surface area contributed by atoms with Crippen molar-refractivity contribution in [1.29, 1.82) is 0 Å². The van der Waals surface area contributed by atoms with Gasteiger partial charge >= 0.3 is 5.97 Å². The molecule has 17 heavy (non-hydrogen) atoms. The summed E-state index contributed by atoms with van der Waals surface area (Å²) < 4.78 is 0. The van der Waals surface area contributed by atoms with Gasteiger partial charge in [0.2, 0.25) is 0 Å². The van der Waals surface area contributed by atoms with Crippen molar-refractivity contribution in [3.63, 3.8) is 0 Å². The molecular formula is C11H11N3O2S. The number of anilines is 1. The van der Waals surface area contributed by atoms with Crippen LogP contribution in [0.4, 0.5) is 5.00 Å². The molecule has 2 aromatic rings. The minimum atomic E-state index is -1.02. The van der Waals surface area contributed by atoms with Crippen molar-refractivity contribution >= 4 is 22.3 Å². The van der Waals surface area contributed by atoms with Gasteiger partial charge in [0, 0.05) is 18.9 Å². The molecule has 0 atom stereocenters. The lowest BCUT2D eigenvalue weighted by molar-refractivity contribution is 0.0692. The summed E-state index contributed by atoms with van der Waals surface area (Å²) in [6.45, 7) is 2.53. The van der Waals surface area contributed by atoms with Gasteiger partial charge in [-0.2, -0.15) is 0 Å². The van der Waals surface area contributed by atoms with Crippen LogP contribution in [0.3, 0.4) is 0 Å². The van der Waals surface area contributed by atoms with E-state index in [4.69, 9.17) is 5.11 Å². The van der Waals surface area contributed by atoms with Crippen LogP contribution in [0.2, 0.25) is 0 Å². The SMILES string of the molecule is Cc1ccncc1CNc1scnc1C(=O)O.